The van der Waals surface area contributed by atoms with Gasteiger partial charge >= 0.3 is 0 Å². The van der Waals surface area contributed by atoms with Gasteiger partial charge in [0, 0.05) is 23.4 Å². The third kappa shape index (κ3) is 3.97. The van der Waals surface area contributed by atoms with E-state index in [9.17, 15) is 21.6 Å². The molecule has 1 unspecified atom stereocenters. The average molecular weight is 468 g/mol. The molecule has 4 aromatic rings. The van der Waals surface area contributed by atoms with Gasteiger partial charge in [-0.1, -0.05) is 30.3 Å². The molecule has 0 radical (unpaired) electrons. The maximum absolute atomic E-state index is 14.3. The van der Waals surface area contributed by atoms with E-state index in [-0.39, 0.29) is 10.5 Å². The molecular formula is C26H19F3O3S. The lowest BCUT2D eigenvalue weighted by Crippen LogP contribution is -2.17. The zero-order chi connectivity index (χ0) is 23.3. The third-order valence-electron chi connectivity index (χ3n) is 6.00. The van der Waals surface area contributed by atoms with Gasteiger partial charge in [0.05, 0.1) is 4.90 Å². The number of halogens is 3. The van der Waals surface area contributed by atoms with E-state index < -0.39 is 33.4 Å². The molecule has 3 nitrogen and oxygen atoms in total. The highest BCUT2D eigenvalue weighted by Gasteiger charge is 2.26. The van der Waals surface area contributed by atoms with E-state index in [2.05, 4.69) is 0 Å². The van der Waals surface area contributed by atoms with E-state index in [1.807, 2.05) is 30.3 Å². The summed E-state index contributed by atoms with van der Waals surface area (Å²) in [6.45, 7) is 0. The molecule has 168 valence electrons. The molecule has 1 aliphatic rings. The Balaban J connectivity index is 1.55. The largest absolute Gasteiger partial charge is 0.485 e. The molecule has 0 aromatic heterocycles. The molecule has 0 bridgehead atoms. The Kier molecular flexibility index (Phi) is 5.16. The van der Waals surface area contributed by atoms with Crippen LogP contribution in [0.25, 0.3) is 21.9 Å². The minimum atomic E-state index is -3.33. The molecule has 0 fully saturated rings. The Hall–Kier alpha value is -3.32. The van der Waals surface area contributed by atoms with Crippen LogP contribution in [0.1, 0.15) is 23.7 Å². The van der Waals surface area contributed by atoms with Crippen molar-refractivity contribution >= 4 is 20.6 Å². The molecule has 0 saturated carbocycles. The first kappa shape index (κ1) is 21.5. The zero-order valence-corrected chi connectivity index (χ0v) is 18.4. The summed E-state index contributed by atoms with van der Waals surface area (Å²) in [6.07, 6.45) is 1.41. The number of hydrogen-bond acceptors (Lipinski definition) is 3. The second-order valence-corrected chi connectivity index (χ2v) is 10.2. The average Bonchev–Trinajstić information content (AvgIpc) is 2.80. The fourth-order valence-electron chi connectivity index (χ4n) is 4.31. The molecule has 33 heavy (non-hydrogen) atoms. The number of ether oxygens (including phenoxy) is 1. The molecular weight excluding hydrogens is 449 g/mol. The first-order chi connectivity index (χ1) is 15.7. The summed E-state index contributed by atoms with van der Waals surface area (Å²) in [5, 5.41) is 1.93. The number of rotatable bonds is 3. The Bertz CT molecular complexity index is 1510. The van der Waals surface area contributed by atoms with Gasteiger partial charge in [-0.2, -0.15) is 0 Å². The van der Waals surface area contributed by atoms with Crippen molar-refractivity contribution in [2.45, 2.75) is 23.8 Å². The number of sulfone groups is 1. The van der Waals surface area contributed by atoms with Crippen LogP contribution in [0.2, 0.25) is 0 Å². The Morgan fingerprint density at radius 2 is 1.58 bits per heavy atom. The van der Waals surface area contributed by atoms with Crippen LogP contribution >= 0.6 is 0 Å². The summed E-state index contributed by atoms with van der Waals surface area (Å²) in [6, 6.07) is 17.7. The quantitative estimate of drug-likeness (QED) is 0.327. The second-order valence-electron chi connectivity index (χ2n) is 8.21. The topological polar surface area (TPSA) is 43.4 Å². The molecule has 7 heteroatoms. The highest BCUT2D eigenvalue weighted by molar-refractivity contribution is 7.90. The third-order valence-corrected chi connectivity index (χ3v) is 7.11. The van der Waals surface area contributed by atoms with Gasteiger partial charge in [0.25, 0.3) is 0 Å². The number of hydrogen-bond donors (Lipinski definition) is 0. The van der Waals surface area contributed by atoms with Crippen LogP contribution in [0.3, 0.4) is 0 Å². The first-order valence-electron chi connectivity index (χ1n) is 10.4. The molecule has 1 heterocycles. The van der Waals surface area contributed by atoms with Gasteiger partial charge in [0.1, 0.15) is 17.7 Å². The Morgan fingerprint density at radius 1 is 0.848 bits per heavy atom. The van der Waals surface area contributed by atoms with E-state index in [4.69, 9.17) is 4.74 Å². The van der Waals surface area contributed by atoms with Crippen molar-refractivity contribution in [3.8, 4) is 16.9 Å². The van der Waals surface area contributed by atoms with Gasteiger partial charge in [-0.25, -0.2) is 21.6 Å². The lowest BCUT2D eigenvalue weighted by molar-refractivity contribution is 0.172. The van der Waals surface area contributed by atoms with Crippen molar-refractivity contribution in [2.24, 2.45) is 0 Å². The number of fused-ring (bicyclic) bond motifs is 3. The summed E-state index contributed by atoms with van der Waals surface area (Å²) in [5.41, 5.74) is 2.56. The molecule has 1 aliphatic heterocycles. The minimum absolute atomic E-state index is 0.00834. The van der Waals surface area contributed by atoms with Crippen molar-refractivity contribution in [1.29, 1.82) is 0 Å². The molecule has 0 amide bonds. The van der Waals surface area contributed by atoms with Gasteiger partial charge in [0.2, 0.25) is 0 Å². The predicted octanol–water partition coefficient (Wildman–Crippen LogP) is 6.39. The van der Waals surface area contributed by atoms with E-state index in [0.29, 0.717) is 24.7 Å². The maximum atomic E-state index is 14.3. The summed E-state index contributed by atoms with van der Waals surface area (Å²) in [7, 11) is -3.33. The highest BCUT2D eigenvalue weighted by atomic mass is 32.2. The minimum Gasteiger partial charge on any atom is -0.485 e. The van der Waals surface area contributed by atoms with Crippen molar-refractivity contribution in [1.82, 2.24) is 0 Å². The van der Waals surface area contributed by atoms with Gasteiger partial charge in [-0.3, -0.25) is 0 Å². The summed E-state index contributed by atoms with van der Waals surface area (Å²) < 4.78 is 71.2. The van der Waals surface area contributed by atoms with Crippen molar-refractivity contribution in [3.05, 3.63) is 95.3 Å². The van der Waals surface area contributed by atoms with Crippen LogP contribution in [-0.2, 0) is 16.3 Å². The van der Waals surface area contributed by atoms with Gasteiger partial charge in [-0.05, 0) is 65.1 Å². The van der Waals surface area contributed by atoms with Crippen LogP contribution in [-0.4, -0.2) is 14.7 Å². The van der Waals surface area contributed by atoms with Gasteiger partial charge in [0.15, 0.2) is 21.5 Å². The normalized spacial score (nSPS) is 15.8. The Morgan fingerprint density at radius 3 is 2.36 bits per heavy atom. The van der Waals surface area contributed by atoms with Crippen molar-refractivity contribution < 1.29 is 26.3 Å². The molecule has 0 aliphatic carbocycles. The maximum Gasteiger partial charge on any atom is 0.175 e. The number of benzene rings is 4. The fourth-order valence-corrected chi connectivity index (χ4v) is 4.97. The predicted molar refractivity (Wildman–Crippen MR) is 120 cm³/mol. The highest BCUT2D eigenvalue weighted by Crippen LogP contribution is 2.40. The van der Waals surface area contributed by atoms with Crippen LogP contribution in [0.5, 0.6) is 5.75 Å². The van der Waals surface area contributed by atoms with E-state index in [1.54, 1.807) is 24.3 Å². The zero-order valence-electron chi connectivity index (χ0n) is 17.6. The molecule has 4 aromatic carbocycles. The van der Waals surface area contributed by atoms with Crippen LogP contribution in [0.4, 0.5) is 13.2 Å². The van der Waals surface area contributed by atoms with Crippen LogP contribution in [0, 0.1) is 17.5 Å². The molecule has 0 saturated heterocycles. The van der Waals surface area contributed by atoms with Crippen molar-refractivity contribution in [3.63, 3.8) is 0 Å². The lowest BCUT2D eigenvalue weighted by Gasteiger charge is -2.28. The molecule has 5 rings (SSSR count). The lowest BCUT2D eigenvalue weighted by atomic mass is 9.91. The monoisotopic (exact) mass is 468 g/mol. The van der Waals surface area contributed by atoms with Gasteiger partial charge in [-0.15, -0.1) is 0 Å². The summed E-state index contributed by atoms with van der Waals surface area (Å²) in [4.78, 5) is 0.245. The second kappa shape index (κ2) is 7.92. The number of aryl methyl sites for hydroxylation is 1. The molecule has 0 N–H and O–H groups in total. The summed E-state index contributed by atoms with van der Waals surface area (Å²) in [5.74, 6) is -2.62. The first-order valence-corrected chi connectivity index (χ1v) is 12.3. The van der Waals surface area contributed by atoms with Crippen molar-refractivity contribution in [2.75, 3.05) is 6.26 Å². The fraction of sp³-hybridized carbons (Fsp3) is 0.154. The van der Waals surface area contributed by atoms with Gasteiger partial charge < -0.3 is 4.74 Å². The van der Waals surface area contributed by atoms with E-state index >= 15 is 0 Å². The Labute approximate surface area is 189 Å². The standard InChI is InChI=1S/C26H19F3O3S/c1-33(30,31)18-4-2-3-16(11-18)17-6-5-15-7-9-25-19(20(15)12-17)8-10-26(32-25)21-13-23(28)24(29)14-22(21)27/h2-7,9,11-14,26H,8,10H2,1H3. The van der Waals surface area contributed by atoms with E-state index in [0.717, 1.165) is 33.5 Å². The summed E-state index contributed by atoms with van der Waals surface area (Å²) >= 11 is 0. The molecule has 1 atom stereocenters. The SMILES string of the molecule is CS(=O)(=O)c1cccc(-c2ccc3ccc4c(c3c2)CCC(c2cc(F)c(F)cc2F)O4)c1. The van der Waals surface area contributed by atoms with Crippen LogP contribution < -0.4 is 4.74 Å². The molecule has 0 spiro atoms. The van der Waals surface area contributed by atoms with E-state index in [1.165, 1.54) is 6.26 Å². The van der Waals surface area contributed by atoms with Crippen LogP contribution in [0.15, 0.2) is 71.6 Å². The smallest absolute Gasteiger partial charge is 0.175 e.